The highest BCUT2D eigenvalue weighted by atomic mass is 35.5. The van der Waals surface area contributed by atoms with Crippen molar-refractivity contribution >= 4 is 53.9 Å². The molecule has 4 unspecified atom stereocenters. The number of Topliss-reactive ketones (excluding diaryl/α,β-unsaturated/α-hetero) is 2. The molecule has 1 aromatic carbocycles. The molecule has 7 N–H and O–H groups in total. The molecule has 0 bridgehead atoms. The summed E-state index contributed by atoms with van der Waals surface area (Å²) in [5, 5.41) is 47.3. The van der Waals surface area contributed by atoms with Gasteiger partial charge in [0, 0.05) is 11.5 Å². The van der Waals surface area contributed by atoms with Gasteiger partial charge in [-0.1, -0.05) is 6.07 Å². The lowest BCUT2D eigenvalue weighted by atomic mass is 9.58. The Morgan fingerprint density at radius 2 is 1.70 bits per heavy atom. The number of allylic oxidation sites excluding steroid dienone is 1. The van der Waals surface area contributed by atoms with Crippen LogP contribution in [0.1, 0.15) is 29.3 Å². The lowest BCUT2D eigenvalue weighted by Gasteiger charge is -2.50. The maximum Gasteiger partial charge on any atom is 0.255 e. The number of primary amides is 1. The third-order valence-electron chi connectivity index (χ3n) is 8.01. The van der Waals surface area contributed by atoms with Crippen molar-refractivity contribution in [1.82, 2.24) is 9.80 Å². The Morgan fingerprint density at radius 3 is 2.23 bits per heavy atom. The van der Waals surface area contributed by atoms with Crippen molar-refractivity contribution in [3.05, 3.63) is 45.9 Å². The van der Waals surface area contributed by atoms with Gasteiger partial charge in [0.15, 0.2) is 17.1 Å². The number of aliphatic hydroxyl groups is 3. The molecule has 0 spiro atoms. The number of fused-ring (bicyclic) bond motifs is 3. The largest absolute Gasteiger partial charge is 0.510 e. The van der Waals surface area contributed by atoms with E-state index < -0.39 is 75.7 Å². The summed E-state index contributed by atoms with van der Waals surface area (Å²) in [6.45, 7) is 1.66. The summed E-state index contributed by atoms with van der Waals surface area (Å²) < 4.78 is 0. The molecule has 14 heteroatoms. The number of aliphatic hydroxyl groups excluding tert-OH is 2. The van der Waals surface area contributed by atoms with Gasteiger partial charge in [0.2, 0.25) is 11.7 Å². The second-order valence-electron chi connectivity index (χ2n) is 10.6. The number of halogens is 2. The van der Waals surface area contributed by atoms with Crippen LogP contribution in [-0.4, -0.2) is 99.5 Å². The molecule has 1 aromatic rings. The first kappa shape index (κ1) is 33.0. The van der Waals surface area contributed by atoms with Gasteiger partial charge in [-0.3, -0.25) is 29.0 Å². The van der Waals surface area contributed by atoms with Gasteiger partial charge in [-0.25, -0.2) is 0 Å². The van der Waals surface area contributed by atoms with E-state index in [0.717, 1.165) is 0 Å². The Morgan fingerprint density at radius 1 is 1.10 bits per heavy atom. The number of aromatic hydroxyl groups is 1. The number of phenolic OH excluding ortho intramolecular Hbond substituents is 1. The molecule has 5 atom stereocenters. The molecule has 0 radical (unpaired) electrons. The molecule has 4 rings (SSSR count). The van der Waals surface area contributed by atoms with Gasteiger partial charge in [-0.15, -0.1) is 24.8 Å². The van der Waals surface area contributed by atoms with Crippen molar-refractivity contribution in [2.75, 3.05) is 33.5 Å². The Balaban J connectivity index is 0.00000280. The first-order valence-electron chi connectivity index (χ1n) is 12.1. The zero-order chi connectivity index (χ0) is 28.4. The SMILES string of the molecule is CC(C(=O)Nc1ccc2c(c1O)C(=O)C1=C(O)C3(O)C(=O)C(C(N)=O)=C(O)[C@@H](N(C)C)C3CC1C2)N(C)C.Cl.Cl. The fourth-order valence-electron chi connectivity index (χ4n) is 5.80. The number of ketones is 2. The van der Waals surface area contributed by atoms with E-state index in [1.807, 2.05) is 0 Å². The number of hydrogen-bond acceptors (Lipinski definition) is 10. The molecule has 0 saturated carbocycles. The number of anilines is 1. The number of hydrogen-bond donors (Lipinski definition) is 6. The molecule has 0 aromatic heterocycles. The second-order valence-corrected chi connectivity index (χ2v) is 10.6. The maximum absolute atomic E-state index is 13.7. The fourth-order valence-corrected chi connectivity index (χ4v) is 5.80. The number of likely N-dealkylation sites (N-methyl/N-ethyl adjacent to an activating group) is 2. The minimum Gasteiger partial charge on any atom is -0.510 e. The van der Waals surface area contributed by atoms with Crippen LogP contribution in [0.25, 0.3) is 0 Å². The highest BCUT2D eigenvalue weighted by Gasteiger charge is 2.63. The van der Waals surface area contributed by atoms with Crippen LogP contribution in [0.5, 0.6) is 5.75 Å². The molecule has 220 valence electrons. The minimum atomic E-state index is -2.70. The van der Waals surface area contributed by atoms with Crippen LogP contribution in [-0.2, 0) is 20.8 Å². The molecule has 3 aliphatic carbocycles. The molecule has 2 amide bonds. The van der Waals surface area contributed by atoms with Crippen molar-refractivity contribution in [2.24, 2.45) is 17.6 Å². The molecule has 0 heterocycles. The molecular weight excluding hydrogens is 567 g/mol. The van der Waals surface area contributed by atoms with Crippen molar-refractivity contribution in [3.63, 3.8) is 0 Å². The van der Waals surface area contributed by atoms with E-state index in [9.17, 15) is 39.6 Å². The van der Waals surface area contributed by atoms with Gasteiger partial charge in [-0.05, 0) is 65.5 Å². The van der Waals surface area contributed by atoms with Crippen LogP contribution >= 0.6 is 24.8 Å². The smallest absolute Gasteiger partial charge is 0.255 e. The van der Waals surface area contributed by atoms with Gasteiger partial charge in [0.25, 0.3) is 5.91 Å². The van der Waals surface area contributed by atoms with E-state index in [4.69, 9.17) is 5.73 Å². The average molecular weight is 601 g/mol. The van der Waals surface area contributed by atoms with E-state index >= 15 is 0 Å². The summed E-state index contributed by atoms with van der Waals surface area (Å²) in [6.07, 6.45) is 0.176. The number of amides is 2. The van der Waals surface area contributed by atoms with E-state index in [1.54, 1.807) is 46.1 Å². The van der Waals surface area contributed by atoms with Crippen molar-refractivity contribution < 1.29 is 39.6 Å². The van der Waals surface area contributed by atoms with Crippen LogP contribution in [0, 0.1) is 11.8 Å². The quantitative estimate of drug-likeness (QED) is 0.208. The number of nitrogens with one attached hydrogen (secondary N) is 1. The zero-order valence-corrected chi connectivity index (χ0v) is 24.2. The first-order chi connectivity index (χ1) is 17.6. The molecule has 0 aliphatic heterocycles. The molecule has 0 fully saturated rings. The van der Waals surface area contributed by atoms with Crippen LogP contribution in [0.3, 0.4) is 0 Å². The second kappa shape index (κ2) is 11.4. The molecule has 12 nitrogen and oxygen atoms in total. The number of rotatable bonds is 5. The van der Waals surface area contributed by atoms with E-state index in [0.29, 0.717) is 5.56 Å². The van der Waals surface area contributed by atoms with Crippen LogP contribution in [0.4, 0.5) is 5.69 Å². The maximum atomic E-state index is 13.7. The van der Waals surface area contributed by atoms with Gasteiger partial charge in [-0.2, -0.15) is 0 Å². The van der Waals surface area contributed by atoms with Crippen molar-refractivity contribution in [3.8, 4) is 5.75 Å². The summed E-state index contributed by atoms with van der Waals surface area (Å²) in [5.74, 6) is -7.62. The number of phenols is 1. The van der Waals surface area contributed by atoms with Gasteiger partial charge >= 0.3 is 0 Å². The molecule has 3 aliphatic rings. The fraction of sp³-hybridized carbons (Fsp3) is 0.462. The number of nitrogens with zero attached hydrogens (tertiary/aromatic N) is 2. The lowest BCUT2D eigenvalue weighted by Crippen LogP contribution is -2.63. The number of carbonyl (C=O) groups excluding carboxylic acids is 4. The van der Waals surface area contributed by atoms with Gasteiger partial charge in [0.1, 0.15) is 17.1 Å². The van der Waals surface area contributed by atoms with Crippen LogP contribution in [0.2, 0.25) is 0 Å². The Bertz CT molecular complexity index is 1340. The summed E-state index contributed by atoms with van der Waals surface area (Å²) >= 11 is 0. The molecular formula is C26H34Cl2N4O8. The van der Waals surface area contributed by atoms with Crippen LogP contribution in [0.15, 0.2) is 34.8 Å². The Hall–Kier alpha value is -3.16. The lowest BCUT2D eigenvalue weighted by molar-refractivity contribution is -0.148. The third kappa shape index (κ3) is 4.73. The number of nitrogens with two attached hydrogens (primary N) is 1. The van der Waals surface area contributed by atoms with E-state index in [2.05, 4.69) is 5.32 Å². The molecule has 40 heavy (non-hydrogen) atoms. The van der Waals surface area contributed by atoms with Gasteiger partial charge < -0.3 is 31.5 Å². The monoisotopic (exact) mass is 600 g/mol. The highest BCUT2D eigenvalue weighted by Crippen LogP contribution is 2.52. The Labute approximate surface area is 243 Å². The predicted molar refractivity (Wildman–Crippen MR) is 150 cm³/mol. The van der Waals surface area contributed by atoms with Crippen molar-refractivity contribution in [2.45, 2.75) is 37.5 Å². The summed E-state index contributed by atoms with van der Waals surface area (Å²) in [5.41, 5.74) is 1.80. The molecule has 0 saturated heterocycles. The summed E-state index contributed by atoms with van der Waals surface area (Å²) in [7, 11) is 6.56. The van der Waals surface area contributed by atoms with Gasteiger partial charge in [0.05, 0.1) is 23.3 Å². The standard InChI is InChI=1S/C26H32N4O8.2ClH/c1-10(29(2)3)25(37)28-14-7-6-11-8-12-9-13-18(30(4)5)21(33)17(24(27)36)23(35)26(13,38)22(34)16(12)20(32)15(11)19(14)31;;/h6-7,10,12-13,18,31,33-34,38H,8-9H2,1-5H3,(H2,27,36)(H,28,37);2*1H/t10?,12?,13?,18-,26?;;/m0../s1. The number of benzene rings is 1. The third-order valence-corrected chi connectivity index (χ3v) is 8.01. The Kier molecular flexibility index (Phi) is 9.40. The first-order valence-corrected chi connectivity index (χ1v) is 12.1. The predicted octanol–water partition coefficient (Wildman–Crippen LogP) is 0.853. The zero-order valence-electron chi connectivity index (χ0n) is 22.6. The summed E-state index contributed by atoms with van der Waals surface area (Å²) in [6, 6.07) is 1.49. The van der Waals surface area contributed by atoms with E-state index in [-0.39, 0.29) is 54.5 Å². The highest BCUT2D eigenvalue weighted by molar-refractivity contribution is 6.25. The summed E-state index contributed by atoms with van der Waals surface area (Å²) in [4.78, 5) is 54.7. The normalized spacial score (nSPS) is 26.4. The van der Waals surface area contributed by atoms with Crippen LogP contribution < -0.4 is 11.1 Å². The van der Waals surface area contributed by atoms with E-state index in [1.165, 1.54) is 11.0 Å². The average Bonchev–Trinajstić information content (AvgIpc) is 2.82. The van der Waals surface area contributed by atoms with Crippen molar-refractivity contribution in [1.29, 1.82) is 0 Å². The number of carbonyl (C=O) groups is 4. The minimum absolute atomic E-state index is 0. The topological polar surface area (TPSA) is 194 Å².